The molecular weight excluding hydrogens is 425 g/mol. The molecule has 0 aliphatic heterocycles. The van der Waals surface area contributed by atoms with Crippen LogP contribution in [-0.4, -0.2) is 35.0 Å². The molecule has 0 saturated heterocycles. The van der Waals surface area contributed by atoms with Crippen molar-refractivity contribution < 1.29 is 22.3 Å². The van der Waals surface area contributed by atoms with Gasteiger partial charge in [0.1, 0.15) is 24.2 Å². The summed E-state index contributed by atoms with van der Waals surface area (Å²) in [5.41, 5.74) is 0.283. The van der Waals surface area contributed by atoms with Gasteiger partial charge in [-0.05, 0) is 42.5 Å². The van der Waals surface area contributed by atoms with Crippen LogP contribution in [-0.2, 0) is 10.0 Å². The molecule has 1 N–H and O–H groups in total. The highest BCUT2D eigenvalue weighted by Gasteiger charge is 2.17. The predicted octanol–water partition coefficient (Wildman–Crippen LogP) is 3.40. The molecule has 2 aromatic heterocycles. The van der Waals surface area contributed by atoms with Crippen molar-refractivity contribution in [1.29, 1.82) is 0 Å². The first-order valence-electron chi connectivity index (χ1n) is 8.89. The molecule has 0 bridgehead atoms. The van der Waals surface area contributed by atoms with Crippen LogP contribution in [0, 0.1) is 5.82 Å². The van der Waals surface area contributed by atoms with Gasteiger partial charge in [-0.1, -0.05) is 0 Å². The number of nitrogens with zero attached hydrogens (tertiary/aromatic N) is 4. The van der Waals surface area contributed by atoms with Crippen LogP contribution in [0.5, 0.6) is 17.4 Å². The number of nitrogens with one attached hydrogen (secondary N) is 1. The van der Waals surface area contributed by atoms with E-state index in [0.717, 1.165) is 6.07 Å². The first kappa shape index (κ1) is 20.3. The maximum atomic E-state index is 13.8. The Labute approximate surface area is 177 Å². The molecule has 158 valence electrons. The van der Waals surface area contributed by atoms with Crippen LogP contribution in [0.2, 0.25) is 0 Å². The van der Waals surface area contributed by atoms with Gasteiger partial charge < -0.3 is 9.47 Å². The van der Waals surface area contributed by atoms with Crippen LogP contribution in [0.4, 0.5) is 10.1 Å². The van der Waals surface area contributed by atoms with E-state index in [1.54, 1.807) is 41.5 Å². The second-order valence-electron chi connectivity index (χ2n) is 6.21. The van der Waals surface area contributed by atoms with E-state index in [0.29, 0.717) is 17.4 Å². The van der Waals surface area contributed by atoms with Crippen LogP contribution in [0.1, 0.15) is 0 Å². The zero-order valence-corrected chi connectivity index (χ0v) is 17.0. The standard InChI is InChI=1S/C20H16FN5O4S/c1-29-18-7-6-16(10-17(18)21)31(27,28)25-14-2-4-15(5-3-14)30-20-11-19(23-12-24-20)26-9-8-22-13-26/h2-13,25H,1H3. The maximum Gasteiger partial charge on any atom is 0.262 e. The third-order valence-corrected chi connectivity index (χ3v) is 5.54. The molecule has 11 heteroatoms. The number of hydrogen-bond acceptors (Lipinski definition) is 7. The lowest BCUT2D eigenvalue weighted by Gasteiger charge is -2.10. The van der Waals surface area contributed by atoms with Gasteiger partial charge in [0.15, 0.2) is 11.6 Å². The summed E-state index contributed by atoms with van der Waals surface area (Å²) < 4.78 is 53.5. The number of sulfonamides is 1. The quantitative estimate of drug-likeness (QED) is 0.468. The fourth-order valence-electron chi connectivity index (χ4n) is 2.66. The van der Waals surface area contributed by atoms with Crippen LogP contribution in [0.3, 0.4) is 0 Å². The number of rotatable bonds is 7. The van der Waals surface area contributed by atoms with Crippen molar-refractivity contribution in [2.45, 2.75) is 4.90 Å². The number of methoxy groups -OCH3 is 1. The lowest BCUT2D eigenvalue weighted by Crippen LogP contribution is -2.13. The number of anilines is 1. The monoisotopic (exact) mass is 441 g/mol. The average Bonchev–Trinajstić information content (AvgIpc) is 3.30. The van der Waals surface area contributed by atoms with Gasteiger partial charge in [0.25, 0.3) is 10.0 Å². The van der Waals surface area contributed by atoms with E-state index in [4.69, 9.17) is 9.47 Å². The van der Waals surface area contributed by atoms with Gasteiger partial charge in [-0.15, -0.1) is 0 Å². The second-order valence-corrected chi connectivity index (χ2v) is 7.90. The zero-order valence-electron chi connectivity index (χ0n) is 16.1. The van der Waals surface area contributed by atoms with Gasteiger partial charge in [-0.2, -0.15) is 0 Å². The van der Waals surface area contributed by atoms with E-state index >= 15 is 0 Å². The molecule has 0 spiro atoms. The normalized spacial score (nSPS) is 11.2. The van der Waals surface area contributed by atoms with Crippen LogP contribution in [0.15, 0.2) is 78.5 Å². The van der Waals surface area contributed by atoms with Gasteiger partial charge in [-0.3, -0.25) is 9.29 Å². The molecule has 0 aliphatic rings. The van der Waals surface area contributed by atoms with E-state index in [2.05, 4.69) is 19.7 Å². The van der Waals surface area contributed by atoms with E-state index in [1.165, 1.54) is 37.7 Å². The first-order valence-corrected chi connectivity index (χ1v) is 10.4. The third-order valence-electron chi connectivity index (χ3n) is 4.16. The fraction of sp³-hybridized carbons (Fsp3) is 0.0500. The topological polar surface area (TPSA) is 108 Å². The molecule has 31 heavy (non-hydrogen) atoms. The van der Waals surface area contributed by atoms with Crippen LogP contribution in [0.25, 0.3) is 5.82 Å². The Hall–Kier alpha value is -3.99. The smallest absolute Gasteiger partial charge is 0.262 e. The minimum absolute atomic E-state index is 0.0404. The van der Waals surface area contributed by atoms with Gasteiger partial charge in [0, 0.05) is 24.1 Å². The Morgan fingerprint density at radius 1 is 1.06 bits per heavy atom. The van der Waals surface area contributed by atoms with E-state index in [9.17, 15) is 12.8 Å². The number of hydrogen-bond donors (Lipinski definition) is 1. The highest BCUT2D eigenvalue weighted by molar-refractivity contribution is 7.92. The fourth-order valence-corrected chi connectivity index (χ4v) is 3.73. The van der Waals surface area contributed by atoms with Gasteiger partial charge in [0.2, 0.25) is 5.88 Å². The molecule has 4 aromatic rings. The zero-order chi connectivity index (χ0) is 21.8. The largest absolute Gasteiger partial charge is 0.494 e. The summed E-state index contributed by atoms with van der Waals surface area (Å²) in [6.07, 6.45) is 6.33. The highest BCUT2D eigenvalue weighted by atomic mass is 32.2. The summed E-state index contributed by atoms with van der Waals surface area (Å²) in [7, 11) is -2.68. The number of aromatic nitrogens is 4. The van der Waals surface area contributed by atoms with Crippen molar-refractivity contribution in [3.8, 4) is 23.2 Å². The molecule has 0 atom stereocenters. The van der Waals surface area contributed by atoms with Crippen molar-refractivity contribution in [2.75, 3.05) is 11.8 Å². The summed E-state index contributed by atoms with van der Waals surface area (Å²) in [6.45, 7) is 0. The van der Waals surface area contributed by atoms with Gasteiger partial charge >= 0.3 is 0 Å². The molecule has 9 nitrogen and oxygen atoms in total. The molecule has 0 fully saturated rings. The molecule has 0 unspecified atom stereocenters. The van der Waals surface area contributed by atoms with E-state index in [1.807, 2.05) is 0 Å². The van der Waals surface area contributed by atoms with Crippen molar-refractivity contribution in [2.24, 2.45) is 0 Å². The minimum atomic E-state index is -3.98. The maximum absolute atomic E-state index is 13.8. The lowest BCUT2D eigenvalue weighted by molar-refractivity contribution is 0.385. The third kappa shape index (κ3) is 4.61. The molecule has 4 rings (SSSR count). The molecule has 0 saturated carbocycles. The number of ether oxygens (including phenoxy) is 2. The van der Waals surface area contributed by atoms with E-state index < -0.39 is 15.8 Å². The van der Waals surface area contributed by atoms with Gasteiger partial charge in [0.05, 0.1) is 12.0 Å². The van der Waals surface area contributed by atoms with Crippen molar-refractivity contribution in [3.05, 3.63) is 79.4 Å². The summed E-state index contributed by atoms with van der Waals surface area (Å²) in [4.78, 5) is 12.0. The molecule has 0 radical (unpaired) electrons. The number of halogens is 1. The first-order chi connectivity index (χ1) is 14.9. The Balaban J connectivity index is 1.47. The number of imidazole rings is 1. The summed E-state index contributed by atoms with van der Waals surface area (Å²) >= 11 is 0. The predicted molar refractivity (Wildman–Crippen MR) is 109 cm³/mol. The van der Waals surface area contributed by atoms with Gasteiger partial charge in [-0.25, -0.2) is 27.8 Å². The van der Waals surface area contributed by atoms with Crippen LogP contribution >= 0.6 is 0 Å². The Morgan fingerprint density at radius 3 is 2.55 bits per heavy atom. The molecule has 2 heterocycles. The average molecular weight is 441 g/mol. The Kier molecular flexibility index (Phi) is 5.50. The SMILES string of the molecule is COc1ccc(S(=O)(=O)Nc2ccc(Oc3cc(-n4ccnc4)ncn3)cc2)cc1F. The van der Waals surface area contributed by atoms with Crippen molar-refractivity contribution in [3.63, 3.8) is 0 Å². The summed E-state index contributed by atoms with van der Waals surface area (Å²) in [5, 5.41) is 0. The Morgan fingerprint density at radius 2 is 1.87 bits per heavy atom. The molecule has 0 amide bonds. The second kappa shape index (κ2) is 8.40. The summed E-state index contributed by atoms with van der Waals surface area (Å²) in [6, 6.07) is 11.2. The molecule has 2 aromatic carbocycles. The van der Waals surface area contributed by atoms with Crippen molar-refractivity contribution in [1.82, 2.24) is 19.5 Å². The highest BCUT2D eigenvalue weighted by Crippen LogP contribution is 2.25. The van der Waals surface area contributed by atoms with Crippen molar-refractivity contribution >= 4 is 15.7 Å². The molecular formula is C20H16FN5O4S. The Bertz CT molecular complexity index is 1300. The minimum Gasteiger partial charge on any atom is -0.494 e. The number of benzene rings is 2. The van der Waals surface area contributed by atoms with Crippen LogP contribution < -0.4 is 14.2 Å². The summed E-state index contributed by atoms with van der Waals surface area (Å²) in [5.74, 6) is 0.517. The molecule has 0 aliphatic carbocycles. The van der Waals surface area contributed by atoms with E-state index in [-0.39, 0.29) is 16.3 Å². The lowest BCUT2D eigenvalue weighted by atomic mass is 10.3.